The first-order valence-electron chi connectivity index (χ1n) is 6.77. The minimum absolute atomic E-state index is 0.791. The van der Waals surface area contributed by atoms with Crippen molar-refractivity contribution in [2.45, 2.75) is 12.8 Å². The fraction of sp³-hybridized carbons (Fsp3) is 0.571. The molecular formula is C14H22ClN3. The molecule has 1 aliphatic heterocycles. The van der Waals surface area contributed by atoms with Crippen LogP contribution < -0.4 is 10.6 Å². The lowest BCUT2D eigenvalue weighted by Gasteiger charge is -2.27. The number of rotatable bonds is 6. The lowest BCUT2D eigenvalue weighted by Crippen LogP contribution is -2.43. The summed E-state index contributed by atoms with van der Waals surface area (Å²) in [6, 6.07) is 7.90. The third-order valence-corrected chi connectivity index (χ3v) is 3.54. The molecule has 1 aromatic rings. The second-order valence-corrected chi connectivity index (χ2v) is 5.17. The van der Waals surface area contributed by atoms with E-state index < -0.39 is 0 Å². The van der Waals surface area contributed by atoms with Gasteiger partial charge in [0.2, 0.25) is 0 Å². The summed E-state index contributed by atoms with van der Waals surface area (Å²) in [6.45, 7) is 6.94. The molecule has 0 atom stereocenters. The fourth-order valence-electron chi connectivity index (χ4n) is 2.20. The normalized spacial score (nSPS) is 16.7. The van der Waals surface area contributed by atoms with E-state index in [0.29, 0.717) is 0 Å². The van der Waals surface area contributed by atoms with Crippen LogP contribution in [0.1, 0.15) is 12.8 Å². The van der Waals surface area contributed by atoms with E-state index in [-0.39, 0.29) is 0 Å². The van der Waals surface area contributed by atoms with Gasteiger partial charge in [0, 0.05) is 43.4 Å². The van der Waals surface area contributed by atoms with E-state index in [1.807, 2.05) is 24.3 Å². The summed E-state index contributed by atoms with van der Waals surface area (Å²) >= 11 is 5.84. The maximum absolute atomic E-state index is 5.84. The zero-order chi connectivity index (χ0) is 12.6. The van der Waals surface area contributed by atoms with Crippen molar-refractivity contribution in [3.8, 4) is 0 Å². The van der Waals surface area contributed by atoms with Crippen LogP contribution in [-0.2, 0) is 0 Å². The van der Waals surface area contributed by atoms with E-state index >= 15 is 0 Å². The highest BCUT2D eigenvalue weighted by Crippen LogP contribution is 2.13. The summed E-state index contributed by atoms with van der Waals surface area (Å²) in [6.07, 6.45) is 2.48. The van der Waals surface area contributed by atoms with Crippen molar-refractivity contribution in [1.29, 1.82) is 0 Å². The van der Waals surface area contributed by atoms with Gasteiger partial charge in [-0.15, -0.1) is 0 Å². The summed E-state index contributed by atoms with van der Waals surface area (Å²) in [4.78, 5) is 2.54. The average Bonchev–Trinajstić information content (AvgIpc) is 2.42. The molecule has 1 aliphatic rings. The van der Waals surface area contributed by atoms with Gasteiger partial charge in [-0.1, -0.05) is 11.6 Å². The van der Waals surface area contributed by atoms with Crippen molar-refractivity contribution in [2.24, 2.45) is 0 Å². The largest absolute Gasteiger partial charge is 0.385 e. The topological polar surface area (TPSA) is 27.3 Å². The highest BCUT2D eigenvalue weighted by atomic mass is 35.5. The first kappa shape index (κ1) is 13.7. The lowest BCUT2D eigenvalue weighted by molar-refractivity contribution is 0.237. The van der Waals surface area contributed by atoms with Gasteiger partial charge < -0.3 is 15.5 Å². The molecule has 4 heteroatoms. The molecule has 1 heterocycles. The molecular weight excluding hydrogens is 246 g/mol. The lowest BCUT2D eigenvalue weighted by atomic mass is 10.2. The molecule has 0 unspecified atom stereocenters. The van der Waals surface area contributed by atoms with Gasteiger partial charge in [0.1, 0.15) is 0 Å². The molecule has 0 bridgehead atoms. The van der Waals surface area contributed by atoms with Crippen LogP contribution in [0.5, 0.6) is 0 Å². The Hall–Kier alpha value is -0.770. The number of hydrogen-bond acceptors (Lipinski definition) is 3. The van der Waals surface area contributed by atoms with Crippen LogP contribution >= 0.6 is 11.6 Å². The number of unbranched alkanes of at least 4 members (excludes halogenated alkanes) is 1. The zero-order valence-electron chi connectivity index (χ0n) is 10.8. The zero-order valence-corrected chi connectivity index (χ0v) is 11.5. The van der Waals surface area contributed by atoms with Gasteiger partial charge >= 0.3 is 0 Å². The smallest absolute Gasteiger partial charge is 0.0407 e. The number of hydrogen-bond donors (Lipinski definition) is 2. The van der Waals surface area contributed by atoms with Crippen LogP contribution in [-0.4, -0.2) is 44.2 Å². The van der Waals surface area contributed by atoms with Crippen molar-refractivity contribution in [1.82, 2.24) is 10.2 Å². The molecule has 0 saturated carbocycles. The number of piperazine rings is 1. The van der Waals surface area contributed by atoms with Gasteiger partial charge in [-0.2, -0.15) is 0 Å². The van der Waals surface area contributed by atoms with Crippen molar-refractivity contribution in [3.05, 3.63) is 29.3 Å². The predicted octanol–water partition coefficient (Wildman–Crippen LogP) is 2.44. The second kappa shape index (κ2) is 7.62. The van der Waals surface area contributed by atoms with Gasteiger partial charge in [-0.25, -0.2) is 0 Å². The first-order chi connectivity index (χ1) is 8.84. The standard InChI is InChI=1S/C14H22ClN3/c15-13-3-5-14(6-4-13)17-7-1-2-10-18-11-8-16-9-12-18/h3-6,16-17H,1-2,7-12H2. The molecule has 18 heavy (non-hydrogen) atoms. The minimum Gasteiger partial charge on any atom is -0.385 e. The van der Waals surface area contributed by atoms with Gasteiger partial charge in [0.25, 0.3) is 0 Å². The third kappa shape index (κ3) is 4.84. The number of nitrogens with zero attached hydrogens (tertiary/aromatic N) is 1. The second-order valence-electron chi connectivity index (χ2n) is 4.73. The Balaban J connectivity index is 1.54. The molecule has 2 rings (SSSR count). The van der Waals surface area contributed by atoms with Crippen molar-refractivity contribution in [2.75, 3.05) is 44.6 Å². The van der Waals surface area contributed by atoms with Crippen molar-refractivity contribution < 1.29 is 0 Å². The van der Waals surface area contributed by atoms with Crippen LogP contribution in [0.4, 0.5) is 5.69 Å². The third-order valence-electron chi connectivity index (χ3n) is 3.28. The van der Waals surface area contributed by atoms with E-state index in [4.69, 9.17) is 11.6 Å². The maximum Gasteiger partial charge on any atom is 0.0407 e. The van der Waals surface area contributed by atoms with Crippen LogP contribution in [0.25, 0.3) is 0 Å². The van der Waals surface area contributed by atoms with E-state index in [1.165, 1.54) is 32.5 Å². The van der Waals surface area contributed by atoms with Gasteiger partial charge in [-0.05, 0) is 43.7 Å². The predicted molar refractivity (Wildman–Crippen MR) is 78.5 cm³/mol. The Labute approximate surface area is 115 Å². The molecule has 3 nitrogen and oxygen atoms in total. The minimum atomic E-state index is 0.791. The molecule has 100 valence electrons. The number of anilines is 1. The summed E-state index contributed by atoms with van der Waals surface area (Å²) in [5.41, 5.74) is 1.15. The highest BCUT2D eigenvalue weighted by Gasteiger charge is 2.07. The monoisotopic (exact) mass is 267 g/mol. The van der Waals surface area contributed by atoms with Crippen molar-refractivity contribution >= 4 is 17.3 Å². The number of nitrogens with one attached hydrogen (secondary N) is 2. The molecule has 0 aliphatic carbocycles. The van der Waals surface area contributed by atoms with Crippen LogP contribution in [0.3, 0.4) is 0 Å². The number of halogens is 1. The van der Waals surface area contributed by atoms with E-state index in [0.717, 1.165) is 30.3 Å². The Kier molecular flexibility index (Phi) is 5.78. The van der Waals surface area contributed by atoms with Crippen LogP contribution in [0, 0.1) is 0 Å². The Morgan fingerprint density at radius 2 is 1.83 bits per heavy atom. The maximum atomic E-state index is 5.84. The summed E-state index contributed by atoms with van der Waals surface area (Å²) in [5.74, 6) is 0. The SMILES string of the molecule is Clc1ccc(NCCCCN2CCNCC2)cc1. The molecule has 2 N–H and O–H groups in total. The Morgan fingerprint density at radius 3 is 2.56 bits per heavy atom. The molecule has 0 amide bonds. The van der Waals surface area contributed by atoms with Crippen LogP contribution in [0.2, 0.25) is 5.02 Å². The van der Waals surface area contributed by atoms with Gasteiger partial charge in [-0.3, -0.25) is 0 Å². The number of benzene rings is 1. The molecule has 0 aromatic heterocycles. The fourth-order valence-corrected chi connectivity index (χ4v) is 2.32. The Morgan fingerprint density at radius 1 is 1.11 bits per heavy atom. The summed E-state index contributed by atoms with van der Waals surface area (Å²) in [7, 11) is 0. The molecule has 0 spiro atoms. The molecule has 1 fully saturated rings. The first-order valence-corrected chi connectivity index (χ1v) is 7.15. The molecule has 1 aromatic carbocycles. The van der Waals surface area contributed by atoms with E-state index in [9.17, 15) is 0 Å². The summed E-state index contributed by atoms with van der Waals surface area (Å²) < 4.78 is 0. The van der Waals surface area contributed by atoms with Gasteiger partial charge in [0.05, 0.1) is 0 Å². The van der Waals surface area contributed by atoms with E-state index in [2.05, 4.69) is 15.5 Å². The average molecular weight is 268 g/mol. The van der Waals surface area contributed by atoms with Crippen LogP contribution in [0.15, 0.2) is 24.3 Å². The quantitative estimate of drug-likeness (QED) is 0.776. The Bertz CT molecular complexity index is 333. The van der Waals surface area contributed by atoms with E-state index in [1.54, 1.807) is 0 Å². The van der Waals surface area contributed by atoms with Gasteiger partial charge in [0.15, 0.2) is 0 Å². The molecule has 1 saturated heterocycles. The summed E-state index contributed by atoms with van der Waals surface area (Å²) in [5, 5.41) is 7.59. The highest BCUT2D eigenvalue weighted by molar-refractivity contribution is 6.30. The molecule has 0 radical (unpaired) electrons. The van der Waals surface area contributed by atoms with Crippen molar-refractivity contribution in [3.63, 3.8) is 0 Å².